The summed E-state index contributed by atoms with van der Waals surface area (Å²) in [5.41, 5.74) is -1.00. The fourth-order valence-electron chi connectivity index (χ4n) is 2.06. The Labute approximate surface area is 114 Å². The number of nitrogens with one attached hydrogen (secondary N) is 2. The van der Waals surface area contributed by atoms with Crippen molar-refractivity contribution in [3.05, 3.63) is 23.9 Å². The van der Waals surface area contributed by atoms with E-state index >= 15 is 0 Å². The number of nitrogens with zero attached hydrogens (tertiary/aromatic N) is 1. The highest BCUT2D eigenvalue weighted by molar-refractivity contribution is 6.07. The molecule has 106 valence electrons. The number of carbonyl (C=O) groups excluding carboxylic acids is 2. The molecule has 3 amide bonds. The van der Waals surface area contributed by atoms with Crippen LogP contribution in [0.25, 0.3) is 0 Å². The molecule has 1 aromatic heterocycles. The van der Waals surface area contributed by atoms with Crippen LogP contribution in [0.15, 0.2) is 18.3 Å². The Hall–Kier alpha value is -2.64. The van der Waals surface area contributed by atoms with Crippen LogP contribution >= 0.6 is 0 Å². The number of amides is 3. The molecule has 2 heterocycles. The van der Waals surface area contributed by atoms with Crippen LogP contribution < -0.4 is 15.4 Å². The lowest BCUT2D eigenvalue weighted by atomic mass is 9.86. The normalized spacial score (nSPS) is 21.2. The number of rotatable bonds is 5. The Bertz CT molecular complexity index is 557. The van der Waals surface area contributed by atoms with E-state index in [4.69, 9.17) is 9.84 Å². The maximum Gasteiger partial charge on any atom is 0.322 e. The van der Waals surface area contributed by atoms with Crippen LogP contribution in [0.2, 0.25) is 0 Å². The number of ether oxygens (including phenoxy) is 1. The van der Waals surface area contributed by atoms with Gasteiger partial charge in [0.2, 0.25) is 5.88 Å². The van der Waals surface area contributed by atoms with Gasteiger partial charge in [0, 0.05) is 24.2 Å². The number of methoxy groups -OCH3 is 1. The smallest absolute Gasteiger partial charge is 0.322 e. The molecule has 0 bridgehead atoms. The third-order valence-corrected chi connectivity index (χ3v) is 3.09. The van der Waals surface area contributed by atoms with E-state index in [9.17, 15) is 14.4 Å². The van der Waals surface area contributed by atoms with Gasteiger partial charge in [0.05, 0.1) is 7.11 Å². The van der Waals surface area contributed by atoms with E-state index in [-0.39, 0.29) is 12.8 Å². The van der Waals surface area contributed by atoms with Gasteiger partial charge in [-0.3, -0.25) is 14.9 Å². The highest BCUT2D eigenvalue weighted by Gasteiger charge is 2.47. The van der Waals surface area contributed by atoms with Crippen molar-refractivity contribution in [2.24, 2.45) is 0 Å². The maximum absolute atomic E-state index is 12.0. The molecular weight excluding hydrogens is 266 g/mol. The van der Waals surface area contributed by atoms with Gasteiger partial charge in [0.15, 0.2) is 0 Å². The topological polar surface area (TPSA) is 118 Å². The quantitative estimate of drug-likeness (QED) is 0.652. The van der Waals surface area contributed by atoms with Gasteiger partial charge in [-0.2, -0.15) is 0 Å². The molecule has 1 aromatic rings. The molecule has 0 spiro atoms. The van der Waals surface area contributed by atoms with Gasteiger partial charge in [-0.15, -0.1) is 0 Å². The Morgan fingerprint density at radius 3 is 2.65 bits per heavy atom. The molecule has 8 nitrogen and oxygen atoms in total. The van der Waals surface area contributed by atoms with Gasteiger partial charge in [-0.25, -0.2) is 9.78 Å². The predicted molar refractivity (Wildman–Crippen MR) is 66.0 cm³/mol. The molecular formula is C12H13N3O5. The second kappa shape index (κ2) is 5.16. The van der Waals surface area contributed by atoms with Gasteiger partial charge in [0.1, 0.15) is 5.54 Å². The first-order valence-electron chi connectivity index (χ1n) is 5.84. The molecule has 0 saturated carbocycles. The van der Waals surface area contributed by atoms with Crippen molar-refractivity contribution in [3.63, 3.8) is 0 Å². The zero-order valence-corrected chi connectivity index (χ0v) is 10.7. The monoisotopic (exact) mass is 279 g/mol. The van der Waals surface area contributed by atoms with Crippen LogP contribution in [-0.4, -0.2) is 35.1 Å². The summed E-state index contributed by atoms with van der Waals surface area (Å²) in [6.45, 7) is 0. The summed E-state index contributed by atoms with van der Waals surface area (Å²) in [4.78, 5) is 38.1. The fourth-order valence-corrected chi connectivity index (χ4v) is 2.06. The van der Waals surface area contributed by atoms with E-state index in [1.807, 2.05) is 0 Å². The van der Waals surface area contributed by atoms with Gasteiger partial charge in [0.25, 0.3) is 5.91 Å². The maximum atomic E-state index is 12.0. The molecule has 1 saturated heterocycles. The van der Waals surface area contributed by atoms with Crippen molar-refractivity contribution in [1.82, 2.24) is 15.6 Å². The Kier molecular flexibility index (Phi) is 3.55. The summed E-state index contributed by atoms with van der Waals surface area (Å²) in [6.07, 6.45) is 1.06. The number of carboxylic acids is 1. The van der Waals surface area contributed by atoms with E-state index in [1.54, 1.807) is 6.07 Å². The number of carbonyl (C=O) groups is 3. The van der Waals surface area contributed by atoms with E-state index in [0.29, 0.717) is 11.4 Å². The van der Waals surface area contributed by atoms with Gasteiger partial charge >= 0.3 is 12.0 Å². The number of urea groups is 1. The van der Waals surface area contributed by atoms with Gasteiger partial charge in [-0.1, -0.05) is 0 Å². The molecule has 1 aliphatic rings. The minimum Gasteiger partial charge on any atom is -0.481 e. The first kappa shape index (κ1) is 13.8. The molecule has 0 aromatic carbocycles. The number of hydrogen-bond acceptors (Lipinski definition) is 5. The number of pyridine rings is 1. The number of hydrogen-bond donors (Lipinski definition) is 3. The van der Waals surface area contributed by atoms with E-state index in [1.165, 1.54) is 19.4 Å². The molecule has 1 fully saturated rings. The molecule has 20 heavy (non-hydrogen) atoms. The second-order valence-electron chi connectivity index (χ2n) is 4.30. The molecule has 8 heteroatoms. The molecule has 1 atom stereocenters. The summed E-state index contributed by atoms with van der Waals surface area (Å²) in [7, 11) is 1.45. The lowest BCUT2D eigenvalue weighted by Gasteiger charge is -2.25. The summed E-state index contributed by atoms with van der Waals surface area (Å²) in [5, 5.41) is 13.4. The first-order valence-corrected chi connectivity index (χ1v) is 5.84. The molecule has 0 radical (unpaired) electrons. The minimum atomic E-state index is -1.41. The molecule has 3 N–H and O–H groups in total. The number of imide groups is 1. The summed E-state index contributed by atoms with van der Waals surface area (Å²) >= 11 is 0. The van der Waals surface area contributed by atoms with E-state index in [2.05, 4.69) is 15.6 Å². The van der Waals surface area contributed by atoms with Crippen LogP contribution in [0, 0.1) is 0 Å². The number of carboxylic acid groups (broad SMARTS) is 1. The third kappa shape index (κ3) is 2.40. The molecule has 1 unspecified atom stereocenters. The Balaban J connectivity index is 2.37. The SMILES string of the molecule is COc1ccc(C2(CCC(=O)O)NC(=O)NC2=O)cn1. The van der Waals surface area contributed by atoms with E-state index < -0.39 is 23.4 Å². The lowest BCUT2D eigenvalue weighted by Crippen LogP contribution is -2.44. The number of aliphatic carboxylic acids is 1. The van der Waals surface area contributed by atoms with Crippen LogP contribution in [-0.2, 0) is 15.1 Å². The highest BCUT2D eigenvalue weighted by atomic mass is 16.5. The van der Waals surface area contributed by atoms with Crippen LogP contribution in [0.5, 0.6) is 5.88 Å². The highest BCUT2D eigenvalue weighted by Crippen LogP contribution is 2.30. The van der Waals surface area contributed by atoms with Crippen LogP contribution in [0.3, 0.4) is 0 Å². The summed E-state index contributed by atoms with van der Waals surface area (Å²) in [6, 6.07) is 2.45. The zero-order chi connectivity index (χ0) is 14.8. The summed E-state index contributed by atoms with van der Waals surface area (Å²) in [5.74, 6) is -1.29. The van der Waals surface area contributed by atoms with Crippen molar-refractivity contribution in [2.75, 3.05) is 7.11 Å². The standard InChI is InChI=1S/C12H13N3O5/c1-20-8-3-2-7(6-13-8)12(5-4-9(16)17)10(18)14-11(19)15-12/h2-3,6H,4-5H2,1H3,(H,16,17)(H2,14,15,18,19). The average molecular weight is 279 g/mol. The first-order chi connectivity index (χ1) is 9.48. The largest absolute Gasteiger partial charge is 0.481 e. The van der Waals surface area contributed by atoms with Crippen molar-refractivity contribution in [2.45, 2.75) is 18.4 Å². The summed E-state index contributed by atoms with van der Waals surface area (Å²) < 4.78 is 4.92. The van der Waals surface area contributed by atoms with Crippen molar-refractivity contribution >= 4 is 17.9 Å². The van der Waals surface area contributed by atoms with Gasteiger partial charge < -0.3 is 15.2 Å². The average Bonchev–Trinajstić information content (AvgIpc) is 2.72. The molecule has 2 rings (SSSR count). The number of aromatic nitrogens is 1. The van der Waals surface area contributed by atoms with Crippen LogP contribution in [0.1, 0.15) is 18.4 Å². The van der Waals surface area contributed by atoms with Gasteiger partial charge in [-0.05, 0) is 12.5 Å². The minimum absolute atomic E-state index is 0.0616. The van der Waals surface area contributed by atoms with Crippen LogP contribution in [0.4, 0.5) is 4.79 Å². The van der Waals surface area contributed by atoms with Crippen molar-refractivity contribution in [1.29, 1.82) is 0 Å². The van der Waals surface area contributed by atoms with Crippen molar-refractivity contribution in [3.8, 4) is 5.88 Å². The lowest BCUT2D eigenvalue weighted by molar-refractivity contribution is -0.137. The van der Waals surface area contributed by atoms with Crippen molar-refractivity contribution < 1.29 is 24.2 Å². The molecule has 1 aliphatic heterocycles. The third-order valence-electron chi connectivity index (χ3n) is 3.09. The van der Waals surface area contributed by atoms with E-state index in [0.717, 1.165) is 0 Å². The second-order valence-corrected chi connectivity index (χ2v) is 4.30. The zero-order valence-electron chi connectivity index (χ0n) is 10.7. The Morgan fingerprint density at radius 2 is 2.20 bits per heavy atom. The fraction of sp³-hybridized carbons (Fsp3) is 0.333. The predicted octanol–water partition coefficient (Wildman–Crippen LogP) is -0.0103. The Morgan fingerprint density at radius 1 is 1.45 bits per heavy atom. The molecule has 0 aliphatic carbocycles.